The lowest BCUT2D eigenvalue weighted by molar-refractivity contribution is 0.0115. The van der Waals surface area contributed by atoms with Crippen molar-refractivity contribution in [3.8, 4) is 0 Å². The van der Waals surface area contributed by atoms with Gasteiger partial charge in [-0.25, -0.2) is 0 Å². The van der Waals surface area contributed by atoms with Gasteiger partial charge in [0.2, 0.25) is 0 Å². The Morgan fingerprint density at radius 1 is 1.20 bits per heavy atom. The molecule has 5 heteroatoms. The third-order valence-electron chi connectivity index (χ3n) is 3.46. The van der Waals surface area contributed by atoms with E-state index in [0.717, 1.165) is 42.4 Å². The fourth-order valence-electron chi connectivity index (χ4n) is 2.35. The van der Waals surface area contributed by atoms with Crippen molar-refractivity contribution in [3.63, 3.8) is 0 Å². The molecule has 0 aromatic carbocycles. The maximum Gasteiger partial charge on any atom is 0.118 e. The van der Waals surface area contributed by atoms with Crippen LogP contribution in [0.2, 0.25) is 0 Å². The van der Waals surface area contributed by atoms with E-state index in [4.69, 9.17) is 4.74 Å². The molecule has 0 spiro atoms. The van der Waals surface area contributed by atoms with Gasteiger partial charge in [-0.3, -0.25) is 0 Å². The second-order valence-corrected chi connectivity index (χ2v) is 7.69. The molecule has 1 atom stereocenters. The highest BCUT2D eigenvalue weighted by Gasteiger charge is 2.15. The van der Waals surface area contributed by atoms with Crippen LogP contribution in [0, 0.1) is 0 Å². The predicted molar refractivity (Wildman–Crippen MR) is 83.3 cm³/mol. The van der Waals surface area contributed by atoms with Gasteiger partial charge in [-0.2, -0.15) is 0 Å². The number of nitrogens with zero attached hydrogens (tertiary/aromatic N) is 2. The molecule has 1 aromatic rings. The van der Waals surface area contributed by atoms with Gasteiger partial charge >= 0.3 is 0 Å². The summed E-state index contributed by atoms with van der Waals surface area (Å²) in [5, 5.41) is 14.4. The predicted octanol–water partition coefficient (Wildman–Crippen LogP) is 2.97. The minimum absolute atomic E-state index is 0.172. The summed E-state index contributed by atoms with van der Waals surface area (Å²) in [4.78, 5) is 0. The van der Waals surface area contributed by atoms with E-state index in [1.807, 2.05) is 0 Å². The summed E-state index contributed by atoms with van der Waals surface area (Å²) in [7, 11) is 0. The Morgan fingerprint density at radius 3 is 2.60 bits per heavy atom. The summed E-state index contributed by atoms with van der Waals surface area (Å²) >= 11 is 1.75. The quantitative estimate of drug-likeness (QED) is 0.877. The highest BCUT2D eigenvalue weighted by atomic mass is 32.1. The minimum atomic E-state index is 0.172. The van der Waals surface area contributed by atoms with Crippen molar-refractivity contribution in [1.82, 2.24) is 15.5 Å². The van der Waals surface area contributed by atoms with Crippen LogP contribution in [0.3, 0.4) is 0 Å². The van der Waals surface area contributed by atoms with Gasteiger partial charge in [-0.05, 0) is 46.5 Å². The van der Waals surface area contributed by atoms with E-state index in [9.17, 15) is 0 Å². The molecule has 1 aliphatic heterocycles. The molecule has 1 unspecified atom stereocenters. The zero-order valence-electron chi connectivity index (χ0n) is 12.9. The molecule has 4 nitrogen and oxygen atoms in total. The molecule has 0 amide bonds. The number of aryl methyl sites for hydroxylation is 1. The maximum atomic E-state index is 5.76. The molecular weight excluding hydrogens is 270 g/mol. The van der Waals surface area contributed by atoms with Crippen molar-refractivity contribution in [3.05, 3.63) is 10.0 Å². The van der Waals surface area contributed by atoms with Crippen LogP contribution < -0.4 is 5.32 Å². The van der Waals surface area contributed by atoms with E-state index < -0.39 is 0 Å². The van der Waals surface area contributed by atoms with E-state index in [1.165, 1.54) is 19.3 Å². The first-order valence-corrected chi connectivity index (χ1v) is 8.52. The third kappa shape index (κ3) is 5.85. The summed E-state index contributed by atoms with van der Waals surface area (Å²) in [5.41, 5.74) is 0.172. The zero-order chi connectivity index (χ0) is 14.4. The first-order valence-electron chi connectivity index (χ1n) is 7.71. The molecule has 20 heavy (non-hydrogen) atoms. The number of rotatable bonds is 6. The van der Waals surface area contributed by atoms with Gasteiger partial charge in [0.15, 0.2) is 0 Å². The molecule has 0 saturated carbocycles. The van der Waals surface area contributed by atoms with Crippen LogP contribution in [-0.4, -0.2) is 35.0 Å². The first-order chi connectivity index (χ1) is 9.53. The highest BCUT2D eigenvalue weighted by molar-refractivity contribution is 7.11. The average Bonchev–Trinajstić information content (AvgIpc) is 2.84. The van der Waals surface area contributed by atoms with Crippen molar-refractivity contribution < 1.29 is 4.74 Å². The fourth-order valence-corrected chi connectivity index (χ4v) is 3.21. The SMILES string of the molecule is CC(C)(C)NCCc1nnc(CCC2CCCCO2)s1. The van der Waals surface area contributed by atoms with Gasteiger partial charge in [0, 0.05) is 31.5 Å². The summed E-state index contributed by atoms with van der Waals surface area (Å²) in [6.45, 7) is 8.45. The lowest BCUT2D eigenvalue weighted by Gasteiger charge is -2.21. The minimum Gasteiger partial charge on any atom is -0.378 e. The van der Waals surface area contributed by atoms with Crippen molar-refractivity contribution in [2.24, 2.45) is 0 Å². The topological polar surface area (TPSA) is 47.0 Å². The van der Waals surface area contributed by atoms with Crippen molar-refractivity contribution in [1.29, 1.82) is 0 Å². The van der Waals surface area contributed by atoms with Crippen molar-refractivity contribution in [2.45, 2.75) is 70.9 Å². The molecule has 2 rings (SSSR count). The van der Waals surface area contributed by atoms with Gasteiger partial charge in [-0.15, -0.1) is 21.5 Å². The second-order valence-electron chi connectivity index (χ2n) is 6.54. The summed E-state index contributed by atoms with van der Waals surface area (Å²) in [6, 6.07) is 0. The summed E-state index contributed by atoms with van der Waals surface area (Å²) in [5.74, 6) is 0. The van der Waals surface area contributed by atoms with Gasteiger partial charge in [0.1, 0.15) is 10.0 Å². The molecule has 114 valence electrons. The molecule has 1 fully saturated rings. The van der Waals surface area contributed by atoms with Gasteiger partial charge in [0.05, 0.1) is 6.10 Å². The maximum absolute atomic E-state index is 5.76. The second kappa shape index (κ2) is 7.48. The zero-order valence-corrected chi connectivity index (χ0v) is 13.8. The van der Waals surface area contributed by atoms with Crippen LogP contribution >= 0.6 is 11.3 Å². The Hall–Kier alpha value is -0.520. The summed E-state index contributed by atoms with van der Waals surface area (Å²) < 4.78 is 5.76. The van der Waals surface area contributed by atoms with E-state index in [1.54, 1.807) is 11.3 Å². The molecule has 2 heterocycles. The largest absolute Gasteiger partial charge is 0.378 e. The normalized spacial score (nSPS) is 20.2. The van der Waals surface area contributed by atoms with Crippen LogP contribution in [0.1, 0.15) is 56.5 Å². The van der Waals surface area contributed by atoms with Crippen LogP contribution in [0.25, 0.3) is 0 Å². The lowest BCUT2D eigenvalue weighted by Crippen LogP contribution is -2.37. The Kier molecular flexibility index (Phi) is 5.93. The van der Waals surface area contributed by atoms with Gasteiger partial charge in [0.25, 0.3) is 0 Å². The highest BCUT2D eigenvalue weighted by Crippen LogP contribution is 2.19. The molecular formula is C15H27N3OS. The molecule has 0 aliphatic carbocycles. The van der Waals surface area contributed by atoms with Crippen LogP contribution in [0.4, 0.5) is 0 Å². The monoisotopic (exact) mass is 297 g/mol. The smallest absolute Gasteiger partial charge is 0.118 e. The Labute approximate surface area is 126 Å². The Bertz CT molecular complexity index is 394. The molecule has 0 bridgehead atoms. The Morgan fingerprint density at radius 2 is 1.95 bits per heavy atom. The molecule has 1 aromatic heterocycles. The molecule has 0 radical (unpaired) electrons. The number of hydrogen-bond donors (Lipinski definition) is 1. The fraction of sp³-hybridized carbons (Fsp3) is 0.867. The van der Waals surface area contributed by atoms with Crippen LogP contribution in [0.15, 0.2) is 0 Å². The number of ether oxygens (including phenoxy) is 1. The van der Waals surface area contributed by atoms with E-state index in [2.05, 4.69) is 36.3 Å². The van der Waals surface area contributed by atoms with Crippen molar-refractivity contribution >= 4 is 11.3 Å². The lowest BCUT2D eigenvalue weighted by atomic mass is 10.1. The van der Waals surface area contributed by atoms with Gasteiger partial charge in [-0.1, -0.05) is 0 Å². The average molecular weight is 297 g/mol. The first kappa shape index (κ1) is 15.9. The number of aromatic nitrogens is 2. The number of nitrogens with one attached hydrogen (secondary N) is 1. The summed E-state index contributed by atoms with van der Waals surface area (Å²) in [6.07, 6.45) is 7.25. The van der Waals surface area contributed by atoms with Gasteiger partial charge < -0.3 is 10.1 Å². The number of hydrogen-bond acceptors (Lipinski definition) is 5. The molecule has 1 N–H and O–H groups in total. The van der Waals surface area contributed by atoms with Crippen molar-refractivity contribution in [2.75, 3.05) is 13.2 Å². The van der Waals surface area contributed by atoms with Crippen LogP contribution in [0.5, 0.6) is 0 Å². The third-order valence-corrected chi connectivity index (χ3v) is 4.50. The molecule has 1 saturated heterocycles. The van der Waals surface area contributed by atoms with Crippen LogP contribution in [-0.2, 0) is 17.6 Å². The Balaban J connectivity index is 1.69. The van der Waals surface area contributed by atoms with E-state index >= 15 is 0 Å². The van der Waals surface area contributed by atoms with E-state index in [-0.39, 0.29) is 5.54 Å². The van der Waals surface area contributed by atoms with E-state index in [0.29, 0.717) is 6.10 Å². The standard InChI is InChI=1S/C15H27N3OS/c1-15(2,3)16-10-9-14-18-17-13(20-14)8-7-12-6-4-5-11-19-12/h12,16H,4-11H2,1-3H3. The molecule has 1 aliphatic rings.